The van der Waals surface area contributed by atoms with Crippen LogP contribution in [0.3, 0.4) is 0 Å². The molecular formula is C39H46F2N6O6S. The maximum atomic E-state index is 15.1. The standard InChI is InChI=1S/C39H46F2N6O6S/c1-39(2,3)36(37-43-30(28-17-27(40)11-12-29(28)41)22-44(37)20-25-9-5-4-6-10-25)47(35(52)23-48)21-26(19-42)24-54-31-18-34(51)46(38(31)53)16-8-7-15-45-32(49)13-14-33(45)50/h4-6,9-14,17,22,26,31,36,48H,7-8,15-16,18-21,23-24,42H2,1-3H3. The van der Waals surface area contributed by atoms with Gasteiger partial charge in [-0.25, -0.2) is 13.8 Å². The molecule has 3 unspecified atom stereocenters. The van der Waals surface area contributed by atoms with Gasteiger partial charge in [0.05, 0.1) is 17.0 Å². The van der Waals surface area contributed by atoms with Crippen molar-refractivity contribution in [3.8, 4) is 11.3 Å². The first-order chi connectivity index (χ1) is 25.7. The molecular weight excluding hydrogens is 719 g/mol. The number of aromatic nitrogens is 2. The van der Waals surface area contributed by atoms with Crippen LogP contribution in [0, 0.1) is 23.0 Å². The van der Waals surface area contributed by atoms with Crippen LogP contribution in [-0.4, -0.2) is 103 Å². The Morgan fingerprint density at radius 3 is 2.31 bits per heavy atom. The lowest BCUT2D eigenvalue weighted by atomic mass is 9.84. The summed E-state index contributed by atoms with van der Waals surface area (Å²) in [7, 11) is 0. The molecule has 0 saturated carbocycles. The smallest absolute Gasteiger partial charge is 0.253 e. The molecule has 0 spiro atoms. The van der Waals surface area contributed by atoms with Crippen LogP contribution in [0.15, 0.2) is 66.9 Å². The summed E-state index contributed by atoms with van der Waals surface area (Å²) >= 11 is 1.28. The molecule has 5 amide bonds. The first-order valence-corrected chi connectivity index (χ1v) is 18.9. The van der Waals surface area contributed by atoms with Crippen LogP contribution in [0.25, 0.3) is 11.3 Å². The van der Waals surface area contributed by atoms with Crippen LogP contribution in [0.2, 0.25) is 0 Å². The molecule has 2 aliphatic heterocycles. The fourth-order valence-corrected chi connectivity index (χ4v) is 8.03. The summed E-state index contributed by atoms with van der Waals surface area (Å²) in [5, 5.41) is 9.56. The summed E-state index contributed by atoms with van der Waals surface area (Å²) in [6, 6.07) is 11.9. The quantitative estimate of drug-likeness (QED) is 0.154. The average molecular weight is 765 g/mol. The lowest BCUT2D eigenvalue weighted by Gasteiger charge is -2.41. The van der Waals surface area contributed by atoms with Crippen LogP contribution in [-0.2, 0) is 30.5 Å². The minimum Gasteiger partial charge on any atom is -0.387 e. The van der Waals surface area contributed by atoms with Crippen LogP contribution < -0.4 is 5.73 Å². The monoisotopic (exact) mass is 764 g/mol. The van der Waals surface area contributed by atoms with Crippen molar-refractivity contribution < 1.29 is 37.9 Å². The van der Waals surface area contributed by atoms with Crippen molar-refractivity contribution in [1.29, 1.82) is 0 Å². The Bertz CT molecular complexity index is 1880. The molecule has 0 bridgehead atoms. The average Bonchev–Trinajstić information content (AvgIpc) is 3.78. The Balaban J connectivity index is 1.34. The summed E-state index contributed by atoms with van der Waals surface area (Å²) in [4.78, 5) is 72.1. The molecule has 0 radical (unpaired) electrons. The van der Waals surface area contributed by atoms with E-state index in [9.17, 15) is 33.5 Å². The molecule has 12 nitrogen and oxygen atoms in total. The number of thioether (sulfide) groups is 1. The number of nitrogens with zero attached hydrogens (tertiary/aromatic N) is 5. The molecule has 1 fully saturated rings. The number of amides is 5. The number of aliphatic hydroxyl groups excluding tert-OH is 1. The van der Waals surface area contributed by atoms with Crippen molar-refractivity contribution in [1.82, 2.24) is 24.3 Å². The predicted molar refractivity (Wildman–Crippen MR) is 199 cm³/mol. The second-order valence-electron chi connectivity index (χ2n) is 14.6. The van der Waals surface area contributed by atoms with Gasteiger partial charge in [-0.05, 0) is 60.2 Å². The van der Waals surface area contributed by atoms with E-state index >= 15 is 4.39 Å². The summed E-state index contributed by atoms with van der Waals surface area (Å²) in [6.07, 6.45) is 4.93. The van der Waals surface area contributed by atoms with E-state index in [-0.39, 0.29) is 73.4 Å². The molecule has 1 saturated heterocycles. The topological polar surface area (TPSA) is 159 Å². The molecule has 2 aliphatic rings. The number of aliphatic hydroxyl groups is 1. The highest BCUT2D eigenvalue weighted by Gasteiger charge is 2.41. The van der Waals surface area contributed by atoms with Gasteiger partial charge in [-0.1, -0.05) is 51.1 Å². The van der Waals surface area contributed by atoms with Crippen molar-refractivity contribution >= 4 is 41.3 Å². The molecule has 288 valence electrons. The predicted octanol–water partition coefficient (Wildman–Crippen LogP) is 3.93. The van der Waals surface area contributed by atoms with Crippen molar-refractivity contribution in [2.75, 3.05) is 38.5 Å². The zero-order chi connectivity index (χ0) is 39.2. The van der Waals surface area contributed by atoms with E-state index in [0.29, 0.717) is 31.0 Å². The molecule has 15 heteroatoms. The Kier molecular flexibility index (Phi) is 13.2. The number of hydrogen-bond acceptors (Lipinski definition) is 9. The SMILES string of the molecule is CC(C)(C)C(c1nc(-c2cc(F)ccc2F)cn1Cc1ccccc1)N(CC(CN)CSC1CC(=O)N(CCCCN2C(=O)C=CC2=O)C1=O)C(=O)CO. The first kappa shape index (κ1) is 40.5. The van der Waals surface area contributed by atoms with Crippen LogP contribution in [0.4, 0.5) is 8.78 Å². The third-order valence-electron chi connectivity index (χ3n) is 9.48. The zero-order valence-corrected chi connectivity index (χ0v) is 31.4. The fraction of sp³-hybridized carbons (Fsp3) is 0.436. The van der Waals surface area contributed by atoms with Crippen molar-refractivity contribution in [2.24, 2.45) is 17.1 Å². The highest BCUT2D eigenvalue weighted by Crippen LogP contribution is 2.40. The second-order valence-corrected chi connectivity index (χ2v) is 15.8. The molecule has 3 aromatic rings. The number of imide groups is 2. The summed E-state index contributed by atoms with van der Waals surface area (Å²) in [5.74, 6) is -2.91. The minimum absolute atomic E-state index is 0.00798. The third kappa shape index (κ3) is 9.49. The molecule has 5 rings (SSSR count). The van der Waals surface area contributed by atoms with Crippen LogP contribution in [0.5, 0.6) is 0 Å². The molecule has 3 N–H and O–H groups in total. The molecule has 0 aliphatic carbocycles. The van der Waals surface area contributed by atoms with Gasteiger partial charge < -0.3 is 20.3 Å². The number of nitrogens with two attached hydrogens (primary N) is 1. The second kappa shape index (κ2) is 17.6. The van der Waals surface area contributed by atoms with E-state index in [2.05, 4.69) is 0 Å². The maximum Gasteiger partial charge on any atom is 0.253 e. The van der Waals surface area contributed by atoms with Crippen molar-refractivity contribution in [3.63, 3.8) is 0 Å². The van der Waals surface area contributed by atoms with E-state index in [0.717, 1.165) is 28.7 Å². The van der Waals surface area contributed by atoms with Crippen molar-refractivity contribution in [3.05, 3.63) is 89.9 Å². The number of unbranched alkanes of at least 4 members (excludes halogenated alkanes) is 1. The summed E-state index contributed by atoms with van der Waals surface area (Å²) in [5.41, 5.74) is 6.61. The van der Waals surface area contributed by atoms with Gasteiger partial charge in [-0.15, -0.1) is 11.8 Å². The Morgan fingerprint density at radius 2 is 1.69 bits per heavy atom. The third-order valence-corrected chi connectivity index (χ3v) is 10.9. The number of imidazole rings is 1. The number of hydrogen-bond donors (Lipinski definition) is 2. The van der Waals surface area contributed by atoms with Gasteiger partial charge in [0.25, 0.3) is 11.8 Å². The zero-order valence-electron chi connectivity index (χ0n) is 30.6. The lowest BCUT2D eigenvalue weighted by molar-refractivity contribution is -0.140. The van der Waals surface area contributed by atoms with Gasteiger partial charge in [0, 0.05) is 56.5 Å². The molecule has 3 atom stereocenters. The van der Waals surface area contributed by atoms with E-state index in [4.69, 9.17) is 10.7 Å². The highest BCUT2D eigenvalue weighted by molar-refractivity contribution is 8.00. The number of carbonyl (C=O) groups is 5. The minimum atomic E-state index is -0.803. The Hall–Kier alpha value is -4.73. The fourth-order valence-electron chi connectivity index (χ4n) is 6.75. The summed E-state index contributed by atoms with van der Waals surface area (Å²) < 4.78 is 31.2. The molecule has 54 heavy (non-hydrogen) atoms. The Labute approximate surface area is 317 Å². The first-order valence-electron chi connectivity index (χ1n) is 17.9. The van der Waals surface area contributed by atoms with E-state index in [1.54, 1.807) is 6.20 Å². The van der Waals surface area contributed by atoms with Crippen LogP contribution >= 0.6 is 11.8 Å². The molecule has 3 heterocycles. The normalized spacial score (nSPS) is 17.2. The van der Waals surface area contributed by atoms with Gasteiger partial charge in [-0.3, -0.25) is 33.8 Å². The maximum absolute atomic E-state index is 15.1. The van der Waals surface area contributed by atoms with Gasteiger partial charge in [-0.2, -0.15) is 0 Å². The number of carbonyl (C=O) groups excluding carboxylic acids is 5. The van der Waals surface area contributed by atoms with E-state index in [1.807, 2.05) is 55.7 Å². The van der Waals surface area contributed by atoms with Crippen LogP contribution in [0.1, 0.15) is 57.5 Å². The van der Waals surface area contributed by atoms with Gasteiger partial charge in [0.15, 0.2) is 0 Å². The number of benzene rings is 2. The lowest BCUT2D eigenvalue weighted by Crippen LogP contribution is -2.47. The number of likely N-dealkylation sites (tertiary alicyclic amines) is 1. The van der Waals surface area contributed by atoms with E-state index in [1.165, 1.54) is 33.7 Å². The molecule has 1 aromatic heterocycles. The largest absolute Gasteiger partial charge is 0.387 e. The van der Waals surface area contributed by atoms with E-state index < -0.39 is 40.9 Å². The summed E-state index contributed by atoms with van der Waals surface area (Å²) in [6.45, 7) is 5.83. The van der Waals surface area contributed by atoms with Gasteiger partial charge >= 0.3 is 0 Å². The highest BCUT2D eigenvalue weighted by atomic mass is 32.2. The van der Waals surface area contributed by atoms with Gasteiger partial charge in [0.1, 0.15) is 24.1 Å². The molecule has 2 aromatic carbocycles. The van der Waals surface area contributed by atoms with Crippen molar-refractivity contribution in [2.45, 2.75) is 57.9 Å². The number of halogens is 2. The number of rotatable bonds is 17. The van der Waals surface area contributed by atoms with Gasteiger partial charge in [0.2, 0.25) is 17.7 Å². The Morgan fingerprint density at radius 1 is 1.02 bits per heavy atom.